The number of H-pyrrole nitrogens is 1. The lowest BCUT2D eigenvalue weighted by atomic mass is 10.1. The molecule has 1 aromatic heterocycles. The lowest BCUT2D eigenvalue weighted by Gasteiger charge is -2.07. The minimum atomic E-state index is 0.383. The highest BCUT2D eigenvalue weighted by Gasteiger charge is 2.07. The summed E-state index contributed by atoms with van der Waals surface area (Å²) in [6.07, 6.45) is 2.17. The summed E-state index contributed by atoms with van der Waals surface area (Å²) in [6.45, 7) is 3.27. The molecule has 0 fully saturated rings. The van der Waals surface area contributed by atoms with E-state index in [4.69, 9.17) is 15.2 Å². The van der Waals surface area contributed by atoms with Crippen molar-refractivity contribution in [1.29, 1.82) is 0 Å². The van der Waals surface area contributed by atoms with Crippen LogP contribution in [-0.4, -0.2) is 16.8 Å². The number of anilines is 1. The molecule has 130 valence electrons. The molecular formula is C20H23N3O2. The van der Waals surface area contributed by atoms with Crippen LogP contribution in [0.15, 0.2) is 54.6 Å². The van der Waals surface area contributed by atoms with E-state index in [2.05, 4.69) is 17.1 Å². The van der Waals surface area contributed by atoms with E-state index in [1.807, 2.05) is 54.6 Å². The molecule has 0 spiro atoms. The molecule has 3 aromatic rings. The van der Waals surface area contributed by atoms with Crippen LogP contribution < -0.4 is 15.2 Å². The molecule has 3 N–H and O–H groups in total. The third-order valence-electron chi connectivity index (χ3n) is 3.83. The van der Waals surface area contributed by atoms with Gasteiger partial charge in [-0.05, 0) is 36.8 Å². The number of hydrogen-bond acceptors (Lipinski definition) is 4. The molecule has 25 heavy (non-hydrogen) atoms. The molecule has 0 saturated carbocycles. The zero-order valence-electron chi connectivity index (χ0n) is 14.4. The molecule has 5 nitrogen and oxygen atoms in total. The van der Waals surface area contributed by atoms with Crippen LogP contribution in [0.25, 0.3) is 11.3 Å². The van der Waals surface area contributed by atoms with E-state index in [-0.39, 0.29) is 0 Å². The number of aromatic amines is 1. The van der Waals surface area contributed by atoms with E-state index in [0.717, 1.165) is 42.1 Å². The van der Waals surface area contributed by atoms with E-state index in [1.165, 1.54) is 0 Å². The third kappa shape index (κ3) is 4.53. The number of unbranched alkanes of at least 4 members (excludes halogenated alkanes) is 1. The summed E-state index contributed by atoms with van der Waals surface area (Å²) in [5.74, 6) is 1.54. The van der Waals surface area contributed by atoms with E-state index in [0.29, 0.717) is 18.0 Å². The number of para-hydroxylation sites is 2. The highest BCUT2D eigenvalue weighted by atomic mass is 16.5. The molecule has 0 saturated heterocycles. The van der Waals surface area contributed by atoms with E-state index < -0.39 is 0 Å². The van der Waals surface area contributed by atoms with Crippen LogP contribution >= 0.6 is 0 Å². The van der Waals surface area contributed by atoms with Gasteiger partial charge in [0.05, 0.1) is 23.7 Å². The molecule has 0 unspecified atom stereocenters. The normalized spacial score (nSPS) is 10.6. The number of nitrogens with one attached hydrogen (secondary N) is 1. The van der Waals surface area contributed by atoms with Gasteiger partial charge in [-0.3, -0.25) is 5.10 Å². The van der Waals surface area contributed by atoms with Gasteiger partial charge in [0, 0.05) is 5.56 Å². The van der Waals surface area contributed by atoms with Crippen LogP contribution in [0.3, 0.4) is 0 Å². The highest BCUT2D eigenvalue weighted by Crippen LogP contribution is 2.24. The molecule has 1 heterocycles. The predicted octanol–water partition coefficient (Wildman–Crippen LogP) is 4.42. The van der Waals surface area contributed by atoms with E-state index >= 15 is 0 Å². The molecule has 3 rings (SSSR count). The second kappa shape index (κ2) is 8.24. The fraction of sp³-hybridized carbons (Fsp3) is 0.250. The van der Waals surface area contributed by atoms with Gasteiger partial charge in [0.15, 0.2) is 0 Å². The van der Waals surface area contributed by atoms with Gasteiger partial charge in [-0.15, -0.1) is 0 Å². The zero-order chi connectivity index (χ0) is 17.5. The number of nitrogen functional groups attached to an aromatic ring is 1. The van der Waals surface area contributed by atoms with Crippen LogP contribution in [0.5, 0.6) is 11.5 Å². The van der Waals surface area contributed by atoms with E-state index in [1.54, 1.807) is 0 Å². The first-order valence-corrected chi connectivity index (χ1v) is 8.51. The maximum absolute atomic E-state index is 5.88. The molecule has 2 aromatic carbocycles. The van der Waals surface area contributed by atoms with Crippen LogP contribution in [0.4, 0.5) is 5.69 Å². The first-order valence-electron chi connectivity index (χ1n) is 8.51. The Kier molecular flexibility index (Phi) is 5.57. The quantitative estimate of drug-likeness (QED) is 0.471. The first-order chi connectivity index (χ1) is 12.3. The number of hydrogen-bond donors (Lipinski definition) is 2. The number of rotatable bonds is 8. The Morgan fingerprint density at radius 2 is 1.92 bits per heavy atom. The summed E-state index contributed by atoms with van der Waals surface area (Å²) in [5.41, 5.74) is 9.26. The minimum absolute atomic E-state index is 0.383. The Bertz CT molecular complexity index is 814. The molecule has 0 radical (unpaired) electrons. The van der Waals surface area contributed by atoms with Gasteiger partial charge in [0.2, 0.25) is 0 Å². The average molecular weight is 337 g/mol. The topological polar surface area (TPSA) is 73.2 Å². The zero-order valence-corrected chi connectivity index (χ0v) is 14.4. The van der Waals surface area contributed by atoms with Crippen molar-refractivity contribution in [3.63, 3.8) is 0 Å². The standard InChI is InChI=1S/C20H23N3O2/c1-2-3-11-24-17-8-6-7-15(12-17)19-13-16(22-23-19)14-25-20-10-5-4-9-18(20)21/h4-10,12-13H,2-3,11,14,21H2,1H3,(H,22,23). The van der Waals surface area contributed by atoms with Gasteiger partial charge in [-0.25, -0.2) is 0 Å². The van der Waals surface area contributed by atoms with Gasteiger partial charge in [0.1, 0.15) is 18.1 Å². The monoisotopic (exact) mass is 337 g/mol. The molecule has 0 aliphatic heterocycles. The lowest BCUT2D eigenvalue weighted by molar-refractivity contribution is 0.303. The smallest absolute Gasteiger partial charge is 0.142 e. The van der Waals surface area contributed by atoms with Crippen LogP contribution in [0.1, 0.15) is 25.5 Å². The fourth-order valence-corrected chi connectivity index (χ4v) is 2.43. The van der Waals surface area contributed by atoms with Crippen molar-refractivity contribution >= 4 is 5.69 Å². The van der Waals surface area contributed by atoms with Crippen molar-refractivity contribution in [2.24, 2.45) is 0 Å². The van der Waals surface area contributed by atoms with Gasteiger partial charge < -0.3 is 15.2 Å². The maximum Gasteiger partial charge on any atom is 0.142 e. The number of benzene rings is 2. The Balaban J connectivity index is 1.65. The molecular weight excluding hydrogens is 314 g/mol. The lowest BCUT2D eigenvalue weighted by Crippen LogP contribution is -1.98. The van der Waals surface area contributed by atoms with Gasteiger partial charge in [0.25, 0.3) is 0 Å². The van der Waals surface area contributed by atoms with Gasteiger partial charge in [-0.2, -0.15) is 5.10 Å². The van der Waals surface area contributed by atoms with Crippen LogP contribution in [-0.2, 0) is 6.61 Å². The molecule has 0 aliphatic carbocycles. The summed E-state index contributed by atoms with van der Waals surface area (Å²) < 4.78 is 11.5. The van der Waals surface area contributed by atoms with Crippen LogP contribution in [0, 0.1) is 0 Å². The summed E-state index contributed by atoms with van der Waals surface area (Å²) in [7, 11) is 0. The molecule has 0 atom stereocenters. The SMILES string of the molecule is CCCCOc1cccc(-c2cc(COc3ccccc3N)[nH]n2)c1. The van der Waals surface area contributed by atoms with Crippen molar-refractivity contribution < 1.29 is 9.47 Å². The Hall–Kier alpha value is -2.95. The number of nitrogens with zero attached hydrogens (tertiary/aromatic N) is 1. The molecule has 0 bridgehead atoms. The summed E-state index contributed by atoms with van der Waals surface area (Å²) in [6, 6.07) is 17.4. The molecule has 0 amide bonds. The Labute approximate surface area is 147 Å². The summed E-state index contributed by atoms with van der Waals surface area (Å²) in [5, 5.41) is 7.38. The van der Waals surface area contributed by atoms with E-state index in [9.17, 15) is 0 Å². The van der Waals surface area contributed by atoms with Gasteiger partial charge >= 0.3 is 0 Å². The van der Waals surface area contributed by atoms with Crippen molar-refractivity contribution in [2.75, 3.05) is 12.3 Å². The number of aromatic nitrogens is 2. The Morgan fingerprint density at radius 1 is 1.04 bits per heavy atom. The van der Waals surface area contributed by atoms with Crippen molar-refractivity contribution in [1.82, 2.24) is 10.2 Å². The Morgan fingerprint density at radius 3 is 2.76 bits per heavy atom. The summed E-state index contributed by atoms with van der Waals surface area (Å²) >= 11 is 0. The molecule has 0 aliphatic rings. The number of ether oxygens (including phenoxy) is 2. The summed E-state index contributed by atoms with van der Waals surface area (Å²) in [4.78, 5) is 0. The van der Waals surface area contributed by atoms with Crippen LogP contribution in [0.2, 0.25) is 0 Å². The van der Waals surface area contributed by atoms with Gasteiger partial charge in [-0.1, -0.05) is 37.6 Å². The first kappa shape index (κ1) is 16.9. The maximum atomic E-state index is 5.88. The average Bonchev–Trinajstić information content (AvgIpc) is 3.11. The number of nitrogens with two attached hydrogens (primary N) is 1. The second-order valence-electron chi connectivity index (χ2n) is 5.83. The third-order valence-corrected chi connectivity index (χ3v) is 3.83. The van der Waals surface area contributed by atoms with Crippen molar-refractivity contribution in [3.05, 3.63) is 60.3 Å². The van der Waals surface area contributed by atoms with Crippen molar-refractivity contribution in [2.45, 2.75) is 26.4 Å². The highest BCUT2D eigenvalue weighted by molar-refractivity contribution is 5.61. The largest absolute Gasteiger partial charge is 0.494 e. The van der Waals surface area contributed by atoms with Crippen molar-refractivity contribution in [3.8, 4) is 22.8 Å². The predicted molar refractivity (Wildman–Crippen MR) is 99.6 cm³/mol. The minimum Gasteiger partial charge on any atom is -0.494 e. The second-order valence-corrected chi connectivity index (χ2v) is 5.83. The molecule has 5 heteroatoms. The fourth-order valence-electron chi connectivity index (χ4n) is 2.43.